The maximum Gasteiger partial charge on any atom is 0.162 e. The number of hydrogen-bond donors (Lipinski definition) is 3. The number of nitrogens with one attached hydrogen (secondary N) is 1. The SMILES string of the molecule is CCc1nnc(N(C)CC(C)(C)O)c(C(=N)N)c1CC. The third-order valence-electron chi connectivity index (χ3n) is 3.08. The van der Waals surface area contributed by atoms with Gasteiger partial charge < -0.3 is 15.7 Å². The Balaban J connectivity index is 3.36. The lowest BCUT2D eigenvalue weighted by Gasteiger charge is -2.28. The Morgan fingerprint density at radius 3 is 2.30 bits per heavy atom. The molecule has 1 rings (SSSR count). The minimum Gasteiger partial charge on any atom is -0.389 e. The lowest BCUT2D eigenvalue weighted by atomic mass is 10.0. The molecule has 0 atom stereocenters. The number of anilines is 1. The lowest BCUT2D eigenvalue weighted by molar-refractivity contribution is 0.0884. The van der Waals surface area contributed by atoms with Gasteiger partial charge in [-0.25, -0.2) is 0 Å². The zero-order valence-corrected chi connectivity index (χ0v) is 13.0. The maximum absolute atomic E-state index is 9.93. The minimum absolute atomic E-state index is 0.0101. The second-order valence-electron chi connectivity index (χ2n) is 5.61. The first kappa shape index (κ1) is 16.4. The van der Waals surface area contributed by atoms with Gasteiger partial charge in [-0.3, -0.25) is 5.41 Å². The van der Waals surface area contributed by atoms with E-state index in [0.29, 0.717) is 17.9 Å². The van der Waals surface area contributed by atoms with Crippen LogP contribution in [0.5, 0.6) is 0 Å². The van der Waals surface area contributed by atoms with Crippen LogP contribution in [0.2, 0.25) is 0 Å². The van der Waals surface area contributed by atoms with E-state index in [9.17, 15) is 5.11 Å². The predicted molar refractivity (Wildman–Crippen MR) is 81.4 cm³/mol. The normalized spacial score (nSPS) is 11.5. The maximum atomic E-state index is 9.93. The molecule has 1 heterocycles. The van der Waals surface area contributed by atoms with Crippen LogP contribution < -0.4 is 10.6 Å². The van der Waals surface area contributed by atoms with Crippen LogP contribution in [0.4, 0.5) is 5.82 Å². The molecule has 0 unspecified atom stereocenters. The minimum atomic E-state index is -0.861. The highest BCUT2D eigenvalue weighted by Gasteiger charge is 2.23. The first-order valence-corrected chi connectivity index (χ1v) is 6.87. The first-order chi connectivity index (χ1) is 9.21. The van der Waals surface area contributed by atoms with Gasteiger partial charge in [0.15, 0.2) is 5.82 Å². The first-order valence-electron chi connectivity index (χ1n) is 6.87. The Labute approximate surface area is 120 Å². The van der Waals surface area contributed by atoms with Crippen molar-refractivity contribution in [2.24, 2.45) is 5.73 Å². The molecule has 0 saturated carbocycles. The van der Waals surface area contributed by atoms with Gasteiger partial charge in [-0.1, -0.05) is 13.8 Å². The summed E-state index contributed by atoms with van der Waals surface area (Å²) in [5.41, 5.74) is 7.35. The molecule has 0 bridgehead atoms. The molecular formula is C14H25N5O. The van der Waals surface area contributed by atoms with E-state index < -0.39 is 5.60 Å². The summed E-state index contributed by atoms with van der Waals surface area (Å²) in [7, 11) is 1.82. The van der Waals surface area contributed by atoms with Crippen molar-refractivity contribution in [1.29, 1.82) is 5.41 Å². The van der Waals surface area contributed by atoms with Gasteiger partial charge in [0.05, 0.1) is 16.9 Å². The molecule has 0 amide bonds. The third kappa shape index (κ3) is 3.66. The Morgan fingerprint density at radius 1 is 1.30 bits per heavy atom. The summed E-state index contributed by atoms with van der Waals surface area (Å²) in [4.78, 5) is 1.79. The number of nitrogen functional groups attached to an aromatic ring is 1. The highest BCUT2D eigenvalue weighted by molar-refractivity contribution is 6.01. The fraction of sp³-hybridized carbons (Fsp3) is 0.643. The molecule has 0 aliphatic rings. The van der Waals surface area contributed by atoms with Crippen LogP contribution in [0, 0.1) is 5.41 Å². The molecular weight excluding hydrogens is 254 g/mol. The lowest BCUT2D eigenvalue weighted by Crippen LogP contribution is -2.38. The molecule has 0 aliphatic heterocycles. The Kier molecular flexibility index (Phi) is 5.05. The van der Waals surface area contributed by atoms with Gasteiger partial charge in [-0.15, -0.1) is 5.10 Å². The van der Waals surface area contributed by atoms with Gasteiger partial charge >= 0.3 is 0 Å². The Hall–Kier alpha value is -1.69. The Morgan fingerprint density at radius 2 is 1.90 bits per heavy atom. The van der Waals surface area contributed by atoms with E-state index in [-0.39, 0.29) is 5.84 Å². The number of aliphatic hydroxyl groups is 1. The number of amidine groups is 1. The van der Waals surface area contributed by atoms with Crippen molar-refractivity contribution in [1.82, 2.24) is 10.2 Å². The summed E-state index contributed by atoms with van der Waals surface area (Å²) in [5, 5.41) is 26.2. The molecule has 0 aliphatic carbocycles. The van der Waals surface area contributed by atoms with Crippen molar-refractivity contribution in [3.63, 3.8) is 0 Å². The van der Waals surface area contributed by atoms with E-state index in [1.165, 1.54) is 0 Å². The van der Waals surface area contributed by atoms with Crippen molar-refractivity contribution >= 4 is 11.7 Å². The van der Waals surface area contributed by atoms with Crippen molar-refractivity contribution < 1.29 is 5.11 Å². The van der Waals surface area contributed by atoms with Gasteiger partial charge in [-0.2, -0.15) is 5.10 Å². The van der Waals surface area contributed by atoms with Gasteiger partial charge in [0.1, 0.15) is 5.84 Å². The van der Waals surface area contributed by atoms with Gasteiger partial charge in [-0.05, 0) is 32.3 Å². The van der Waals surface area contributed by atoms with E-state index >= 15 is 0 Å². The number of nitrogens with zero attached hydrogens (tertiary/aromatic N) is 3. The average molecular weight is 279 g/mol. The zero-order valence-electron chi connectivity index (χ0n) is 13.0. The molecule has 0 spiro atoms. The smallest absolute Gasteiger partial charge is 0.162 e. The van der Waals surface area contributed by atoms with E-state index in [4.69, 9.17) is 11.1 Å². The second kappa shape index (κ2) is 6.17. The summed E-state index contributed by atoms with van der Waals surface area (Å²) in [6, 6.07) is 0. The topological polar surface area (TPSA) is 99.1 Å². The highest BCUT2D eigenvalue weighted by Crippen LogP contribution is 2.24. The van der Waals surface area contributed by atoms with Crippen LogP contribution in [0.3, 0.4) is 0 Å². The van der Waals surface area contributed by atoms with Crippen molar-refractivity contribution in [3.05, 3.63) is 16.8 Å². The van der Waals surface area contributed by atoms with Crippen molar-refractivity contribution in [2.75, 3.05) is 18.5 Å². The number of aromatic nitrogens is 2. The molecule has 6 nitrogen and oxygen atoms in total. The highest BCUT2D eigenvalue weighted by atomic mass is 16.3. The van der Waals surface area contributed by atoms with E-state index in [2.05, 4.69) is 10.2 Å². The van der Waals surface area contributed by atoms with Crippen LogP contribution in [-0.4, -0.2) is 40.3 Å². The molecule has 6 heteroatoms. The molecule has 0 aromatic carbocycles. The van der Waals surface area contributed by atoms with Crippen molar-refractivity contribution in [2.45, 2.75) is 46.1 Å². The number of nitrogens with two attached hydrogens (primary N) is 1. The molecule has 112 valence electrons. The van der Waals surface area contributed by atoms with Crippen LogP contribution in [-0.2, 0) is 12.8 Å². The number of aryl methyl sites for hydroxylation is 1. The van der Waals surface area contributed by atoms with Crippen molar-refractivity contribution in [3.8, 4) is 0 Å². The quantitative estimate of drug-likeness (QED) is 0.535. The number of likely N-dealkylation sites (N-methyl/N-ethyl adjacent to an activating group) is 1. The van der Waals surface area contributed by atoms with E-state index in [1.807, 2.05) is 20.9 Å². The van der Waals surface area contributed by atoms with Gasteiger partial charge in [0.2, 0.25) is 0 Å². The van der Waals surface area contributed by atoms with Crippen LogP contribution in [0.15, 0.2) is 0 Å². The molecule has 4 N–H and O–H groups in total. The molecule has 1 aromatic rings. The average Bonchev–Trinajstić information content (AvgIpc) is 2.34. The monoisotopic (exact) mass is 279 g/mol. The summed E-state index contributed by atoms with van der Waals surface area (Å²) in [6.45, 7) is 7.86. The second-order valence-corrected chi connectivity index (χ2v) is 5.61. The summed E-state index contributed by atoms with van der Waals surface area (Å²) >= 11 is 0. The fourth-order valence-corrected chi connectivity index (χ4v) is 2.37. The van der Waals surface area contributed by atoms with E-state index in [0.717, 1.165) is 24.1 Å². The molecule has 1 aromatic heterocycles. The third-order valence-corrected chi connectivity index (χ3v) is 3.08. The number of hydrogen-bond acceptors (Lipinski definition) is 5. The molecule has 0 saturated heterocycles. The van der Waals surface area contributed by atoms with Crippen LogP contribution in [0.1, 0.15) is 44.5 Å². The standard InChI is InChI=1S/C14H25N5O/c1-6-9-10(7-2)17-18-13(11(9)12(15)16)19(5)8-14(3,4)20/h20H,6-8H2,1-5H3,(H3,15,16). The van der Waals surface area contributed by atoms with Crippen LogP contribution >= 0.6 is 0 Å². The predicted octanol–water partition coefficient (Wildman–Crippen LogP) is 1.09. The Bertz CT molecular complexity index is 493. The summed E-state index contributed by atoms with van der Waals surface area (Å²) in [6.07, 6.45) is 1.50. The molecule has 0 fully saturated rings. The summed E-state index contributed by atoms with van der Waals surface area (Å²) in [5.74, 6) is 0.540. The fourth-order valence-electron chi connectivity index (χ4n) is 2.37. The van der Waals surface area contributed by atoms with Gasteiger partial charge in [0, 0.05) is 13.6 Å². The van der Waals surface area contributed by atoms with E-state index in [1.54, 1.807) is 18.7 Å². The van der Waals surface area contributed by atoms with Crippen LogP contribution in [0.25, 0.3) is 0 Å². The number of rotatable bonds is 6. The molecule has 0 radical (unpaired) electrons. The summed E-state index contributed by atoms with van der Waals surface area (Å²) < 4.78 is 0. The molecule has 20 heavy (non-hydrogen) atoms. The van der Waals surface area contributed by atoms with Gasteiger partial charge in [0.25, 0.3) is 0 Å². The largest absolute Gasteiger partial charge is 0.389 e. The zero-order chi connectivity index (χ0) is 15.5.